The number of nitrogens with zero attached hydrogens (tertiary/aromatic N) is 2. The SMILES string of the molecule is CCCCC(=O)NCCCCN1CCN(c2cccc(C(F)(F)F)c2)CC1. The van der Waals surface area contributed by atoms with Crippen molar-refractivity contribution in [3.05, 3.63) is 29.8 Å². The number of nitrogens with one attached hydrogen (secondary N) is 1. The van der Waals surface area contributed by atoms with Crippen LogP contribution in [-0.2, 0) is 11.0 Å². The van der Waals surface area contributed by atoms with Crippen LogP contribution in [0.15, 0.2) is 24.3 Å². The molecule has 1 aliphatic rings. The molecule has 1 aromatic carbocycles. The van der Waals surface area contributed by atoms with Crippen molar-refractivity contribution in [3.63, 3.8) is 0 Å². The Bertz CT molecular complexity index is 584. The molecule has 27 heavy (non-hydrogen) atoms. The fourth-order valence-electron chi connectivity index (χ4n) is 3.22. The van der Waals surface area contributed by atoms with E-state index in [9.17, 15) is 18.0 Å². The number of alkyl halides is 3. The Morgan fingerprint density at radius 2 is 1.85 bits per heavy atom. The summed E-state index contributed by atoms with van der Waals surface area (Å²) in [4.78, 5) is 15.9. The molecule has 1 saturated heterocycles. The molecule has 0 spiro atoms. The molecule has 1 heterocycles. The van der Waals surface area contributed by atoms with Crippen molar-refractivity contribution in [1.29, 1.82) is 0 Å². The number of carbonyl (C=O) groups excluding carboxylic acids is 1. The molecule has 0 saturated carbocycles. The monoisotopic (exact) mass is 385 g/mol. The summed E-state index contributed by atoms with van der Waals surface area (Å²) in [7, 11) is 0. The Kier molecular flexibility index (Phi) is 8.41. The van der Waals surface area contributed by atoms with Gasteiger partial charge < -0.3 is 10.2 Å². The van der Waals surface area contributed by atoms with Crippen LogP contribution < -0.4 is 10.2 Å². The highest BCUT2D eigenvalue weighted by molar-refractivity contribution is 5.75. The molecule has 152 valence electrons. The van der Waals surface area contributed by atoms with E-state index in [4.69, 9.17) is 0 Å². The molecule has 0 radical (unpaired) electrons. The van der Waals surface area contributed by atoms with Gasteiger partial charge in [-0.05, 0) is 44.0 Å². The van der Waals surface area contributed by atoms with Crippen molar-refractivity contribution < 1.29 is 18.0 Å². The molecule has 0 aliphatic carbocycles. The molecule has 4 nitrogen and oxygen atoms in total. The molecule has 1 aliphatic heterocycles. The van der Waals surface area contributed by atoms with Gasteiger partial charge in [-0.2, -0.15) is 13.2 Å². The Morgan fingerprint density at radius 1 is 1.11 bits per heavy atom. The maximum absolute atomic E-state index is 12.9. The quantitative estimate of drug-likeness (QED) is 0.655. The minimum Gasteiger partial charge on any atom is -0.369 e. The third-order valence-electron chi connectivity index (χ3n) is 4.89. The maximum Gasteiger partial charge on any atom is 0.416 e. The number of unbranched alkanes of at least 4 members (excludes halogenated alkanes) is 2. The van der Waals surface area contributed by atoms with Crippen LogP contribution in [0.5, 0.6) is 0 Å². The summed E-state index contributed by atoms with van der Waals surface area (Å²) in [5, 5.41) is 2.94. The van der Waals surface area contributed by atoms with Crippen LogP contribution in [0.1, 0.15) is 44.6 Å². The van der Waals surface area contributed by atoms with Gasteiger partial charge in [0.2, 0.25) is 5.91 Å². The van der Waals surface area contributed by atoms with Gasteiger partial charge in [-0.1, -0.05) is 19.4 Å². The standard InChI is InChI=1S/C20H30F3N3O/c1-2-3-9-19(27)24-10-4-5-11-25-12-14-26(15-13-25)18-8-6-7-17(16-18)20(21,22)23/h6-8,16H,2-5,9-15H2,1H3,(H,24,27). The minimum atomic E-state index is -4.30. The molecule has 0 bridgehead atoms. The Labute approximate surface area is 159 Å². The van der Waals surface area contributed by atoms with Gasteiger partial charge in [0.1, 0.15) is 0 Å². The number of benzene rings is 1. The van der Waals surface area contributed by atoms with Gasteiger partial charge in [0.15, 0.2) is 0 Å². The number of carbonyl (C=O) groups is 1. The van der Waals surface area contributed by atoms with Crippen LogP contribution in [0.4, 0.5) is 18.9 Å². The van der Waals surface area contributed by atoms with Crippen molar-refractivity contribution in [2.75, 3.05) is 44.2 Å². The van der Waals surface area contributed by atoms with Gasteiger partial charge in [-0.25, -0.2) is 0 Å². The first kappa shape index (κ1) is 21.5. The lowest BCUT2D eigenvalue weighted by Crippen LogP contribution is -2.46. The van der Waals surface area contributed by atoms with Crippen LogP contribution >= 0.6 is 0 Å². The van der Waals surface area contributed by atoms with Gasteiger partial charge in [0.05, 0.1) is 5.56 Å². The summed E-state index contributed by atoms with van der Waals surface area (Å²) in [5.74, 6) is 0.131. The van der Waals surface area contributed by atoms with Crippen LogP contribution in [0.25, 0.3) is 0 Å². The summed E-state index contributed by atoms with van der Waals surface area (Å²) in [5.41, 5.74) is 0.0441. The fourth-order valence-corrected chi connectivity index (χ4v) is 3.22. The Hall–Kier alpha value is -1.76. The molecule has 7 heteroatoms. The van der Waals surface area contributed by atoms with E-state index in [0.717, 1.165) is 64.5 Å². The van der Waals surface area contributed by atoms with Crippen molar-refractivity contribution in [1.82, 2.24) is 10.2 Å². The lowest BCUT2D eigenvalue weighted by atomic mass is 10.1. The summed E-state index contributed by atoms with van der Waals surface area (Å²) in [6.45, 7) is 6.90. The number of hydrogen-bond donors (Lipinski definition) is 1. The highest BCUT2D eigenvalue weighted by Crippen LogP contribution is 2.31. The average molecular weight is 385 g/mol. The summed E-state index contributed by atoms with van der Waals surface area (Å²) in [6, 6.07) is 5.56. The Balaban J connectivity index is 1.65. The molecule has 2 rings (SSSR count). The number of anilines is 1. The lowest BCUT2D eigenvalue weighted by Gasteiger charge is -2.36. The summed E-state index contributed by atoms with van der Waals surface area (Å²) >= 11 is 0. The summed E-state index contributed by atoms with van der Waals surface area (Å²) < 4.78 is 38.6. The van der Waals surface area contributed by atoms with Crippen molar-refractivity contribution in [3.8, 4) is 0 Å². The minimum absolute atomic E-state index is 0.131. The largest absolute Gasteiger partial charge is 0.416 e. The molecular weight excluding hydrogens is 355 g/mol. The second-order valence-electron chi connectivity index (χ2n) is 7.04. The van der Waals surface area contributed by atoms with Crippen molar-refractivity contribution in [2.45, 2.75) is 45.2 Å². The summed E-state index contributed by atoms with van der Waals surface area (Å²) in [6.07, 6.45) is 0.225. The van der Waals surface area contributed by atoms with E-state index in [1.54, 1.807) is 6.07 Å². The molecular formula is C20H30F3N3O. The van der Waals surface area contributed by atoms with Crippen molar-refractivity contribution >= 4 is 11.6 Å². The number of piperazine rings is 1. The first-order valence-corrected chi connectivity index (χ1v) is 9.81. The first-order chi connectivity index (χ1) is 12.9. The van der Waals surface area contributed by atoms with E-state index in [2.05, 4.69) is 17.1 Å². The zero-order chi connectivity index (χ0) is 19.7. The lowest BCUT2D eigenvalue weighted by molar-refractivity contribution is -0.137. The average Bonchev–Trinajstić information content (AvgIpc) is 2.66. The molecule has 1 aromatic rings. The number of hydrogen-bond acceptors (Lipinski definition) is 3. The van der Waals surface area contributed by atoms with E-state index in [0.29, 0.717) is 18.7 Å². The van der Waals surface area contributed by atoms with Gasteiger partial charge >= 0.3 is 6.18 Å². The van der Waals surface area contributed by atoms with Crippen molar-refractivity contribution in [2.24, 2.45) is 0 Å². The maximum atomic E-state index is 12.9. The predicted molar refractivity (Wildman–Crippen MR) is 102 cm³/mol. The normalized spacial score (nSPS) is 15.8. The number of halogens is 3. The van der Waals surface area contributed by atoms with Crippen LogP contribution in [0.2, 0.25) is 0 Å². The third-order valence-corrected chi connectivity index (χ3v) is 4.89. The fraction of sp³-hybridized carbons (Fsp3) is 0.650. The van der Waals surface area contributed by atoms with E-state index < -0.39 is 11.7 Å². The zero-order valence-corrected chi connectivity index (χ0v) is 16.0. The topological polar surface area (TPSA) is 35.6 Å². The van der Waals surface area contributed by atoms with Crippen LogP contribution in [0.3, 0.4) is 0 Å². The van der Waals surface area contributed by atoms with Gasteiger partial charge in [-0.15, -0.1) is 0 Å². The Morgan fingerprint density at radius 3 is 2.52 bits per heavy atom. The second-order valence-corrected chi connectivity index (χ2v) is 7.04. The molecule has 0 atom stereocenters. The second kappa shape index (κ2) is 10.5. The smallest absolute Gasteiger partial charge is 0.369 e. The van der Waals surface area contributed by atoms with E-state index in [-0.39, 0.29) is 5.91 Å². The molecule has 1 N–H and O–H groups in total. The highest BCUT2D eigenvalue weighted by atomic mass is 19.4. The van der Waals surface area contributed by atoms with E-state index in [1.165, 1.54) is 12.1 Å². The van der Waals surface area contributed by atoms with Gasteiger partial charge in [-0.3, -0.25) is 9.69 Å². The molecule has 0 aromatic heterocycles. The van der Waals surface area contributed by atoms with Gasteiger partial charge in [0.25, 0.3) is 0 Å². The molecule has 1 amide bonds. The van der Waals surface area contributed by atoms with Crippen LogP contribution in [0, 0.1) is 0 Å². The number of amides is 1. The zero-order valence-electron chi connectivity index (χ0n) is 16.0. The molecule has 0 unspecified atom stereocenters. The van der Waals surface area contributed by atoms with E-state index in [1.807, 2.05) is 4.90 Å². The third kappa shape index (κ3) is 7.40. The van der Waals surface area contributed by atoms with Crippen LogP contribution in [-0.4, -0.2) is 50.1 Å². The molecule has 1 fully saturated rings. The van der Waals surface area contributed by atoms with E-state index >= 15 is 0 Å². The highest BCUT2D eigenvalue weighted by Gasteiger charge is 2.31. The first-order valence-electron chi connectivity index (χ1n) is 9.81. The van der Waals surface area contributed by atoms with Gasteiger partial charge in [0, 0.05) is 44.8 Å². The number of rotatable bonds is 9. The predicted octanol–water partition coefficient (Wildman–Crippen LogP) is 3.91.